The molecular formula is C14H19N3OS. The molecule has 3 rings (SSSR count). The van der Waals surface area contributed by atoms with Crippen molar-refractivity contribution in [3.63, 3.8) is 0 Å². The fraction of sp³-hybridized carbons (Fsp3) is 0.571. The summed E-state index contributed by atoms with van der Waals surface area (Å²) in [5.74, 6) is 0.538. The minimum absolute atomic E-state index is 0.0349. The largest absolute Gasteiger partial charge is 0.348 e. The summed E-state index contributed by atoms with van der Waals surface area (Å²) in [6.45, 7) is 4.27. The van der Waals surface area contributed by atoms with Crippen LogP contribution >= 0.6 is 11.3 Å². The molecule has 0 saturated heterocycles. The first-order valence-electron chi connectivity index (χ1n) is 6.89. The van der Waals surface area contributed by atoms with Crippen molar-refractivity contribution in [2.45, 2.75) is 45.6 Å². The molecule has 2 atom stereocenters. The first-order chi connectivity index (χ1) is 9.13. The Bertz CT molecular complexity index is 569. The second-order valence-electron chi connectivity index (χ2n) is 5.50. The van der Waals surface area contributed by atoms with E-state index in [9.17, 15) is 4.79 Å². The number of carbonyl (C=O) groups is 1. The number of fused-ring (bicyclic) bond motifs is 1. The molecule has 0 aliphatic heterocycles. The summed E-state index contributed by atoms with van der Waals surface area (Å²) in [5.41, 5.74) is 0.532. The molecule has 0 aromatic carbocycles. The van der Waals surface area contributed by atoms with Crippen molar-refractivity contribution >= 4 is 22.2 Å². The first-order valence-corrected chi connectivity index (χ1v) is 7.71. The van der Waals surface area contributed by atoms with Gasteiger partial charge >= 0.3 is 0 Å². The molecule has 0 spiro atoms. The average Bonchev–Trinajstić information content (AvgIpc) is 2.89. The lowest BCUT2D eigenvalue weighted by Crippen LogP contribution is -2.41. The molecule has 102 valence electrons. The Hall–Kier alpha value is -1.36. The monoisotopic (exact) mass is 277 g/mol. The van der Waals surface area contributed by atoms with Gasteiger partial charge in [0, 0.05) is 23.3 Å². The van der Waals surface area contributed by atoms with Crippen molar-refractivity contribution in [3.8, 4) is 0 Å². The van der Waals surface area contributed by atoms with Gasteiger partial charge in [-0.05, 0) is 25.7 Å². The highest BCUT2D eigenvalue weighted by Gasteiger charge is 2.24. The molecular weight excluding hydrogens is 258 g/mol. The van der Waals surface area contributed by atoms with Crippen LogP contribution in [-0.2, 0) is 0 Å². The predicted octanol–water partition coefficient (Wildman–Crippen LogP) is 3.01. The number of amides is 1. The average molecular weight is 277 g/mol. The van der Waals surface area contributed by atoms with Gasteiger partial charge in [-0.15, -0.1) is 11.3 Å². The van der Waals surface area contributed by atoms with E-state index in [1.54, 1.807) is 11.3 Å². The summed E-state index contributed by atoms with van der Waals surface area (Å²) in [6.07, 6.45) is 8.63. The van der Waals surface area contributed by atoms with Crippen LogP contribution in [0.15, 0.2) is 12.4 Å². The molecule has 2 aromatic rings. The number of nitrogens with zero attached hydrogens (tertiary/aromatic N) is 2. The van der Waals surface area contributed by atoms with Gasteiger partial charge in [-0.25, -0.2) is 4.98 Å². The molecule has 2 aromatic heterocycles. The van der Waals surface area contributed by atoms with Gasteiger partial charge in [-0.2, -0.15) is 0 Å². The van der Waals surface area contributed by atoms with E-state index < -0.39 is 0 Å². The molecule has 1 amide bonds. The van der Waals surface area contributed by atoms with E-state index >= 15 is 0 Å². The molecule has 5 heteroatoms. The lowest BCUT2D eigenvalue weighted by Gasteiger charge is -2.29. The second kappa shape index (κ2) is 4.96. The van der Waals surface area contributed by atoms with Crippen molar-refractivity contribution in [2.24, 2.45) is 5.92 Å². The quantitative estimate of drug-likeness (QED) is 0.917. The lowest BCUT2D eigenvalue weighted by atomic mass is 9.86. The Labute approximate surface area is 116 Å². The summed E-state index contributed by atoms with van der Waals surface area (Å²) < 4.78 is 1.93. The predicted molar refractivity (Wildman–Crippen MR) is 76.7 cm³/mol. The van der Waals surface area contributed by atoms with Crippen molar-refractivity contribution < 1.29 is 4.79 Å². The highest BCUT2D eigenvalue weighted by molar-refractivity contribution is 7.17. The number of nitrogens with one attached hydrogen (secondary N) is 1. The zero-order valence-corrected chi connectivity index (χ0v) is 12.2. The molecule has 1 aliphatic rings. The van der Waals surface area contributed by atoms with Gasteiger partial charge in [0.05, 0.1) is 0 Å². The zero-order chi connectivity index (χ0) is 13.4. The van der Waals surface area contributed by atoms with Crippen LogP contribution in [0.1, 0.15) is 48.0 Å². The smallest absolute Gasteiger partial charge is 0.271 e. The van der Waals surface area contributed by atoms with Gasteiger partial charge in [0.1, 0.15) is 5.69 Å². The molecule has 0 bridgehead atoms. The Balaban J connectivity index is 1.73. The first kappa shape index (κ1) is 12.7. The molecule has 4 nitrogen and oxygen atoms in total. The number of rotatable bonds is 2. The standard InChI is InChI=1S/C14H19N3OS/c1-9-5-3-4-6-11(9)15-13(18)12-8-17-7-10(2)19-14(17)16-12/h7-9,11H,3-6H2,1-2H3,(H,15,18). The van der Waals surface area contributed by atoms with Crippen molar-refractivity contribution in [2.75, 3.05) is 0 Å². The third-order valence-corrected chi connectivity index (χ3v) is 4.84. The van der Waals surface area contributed by atoms with E-state index in [4.69, 9.17) is 0 Å². The topological polar surface area (TPSA) is 46.4 Å². The summed E-state index contributed by atoms with van der Waals surface area (Å²) in [4.78, 5) is 18.7. The van der Waals surface area contributed by atoms with E-state index in [1.807, 2.05) is 23.7 Å². The van der Waals surface area contributed by atoms with Crippen LogP contribution in [-0.4, -0.2) is 21.3 Å². The fourth-order valence-electron chi connectivity index (χ4n) is 2.79. The van der Waals surface area contributed by atoms with E-state index in [1.165, 1.54) is 24.1 Å². The van der Waals surface area contributed by atoms with Gasteiger partial charge in [0.15, 0.2) is 4.96 Å². The molecule has 0 radical (unpaired) electrons. The fourth-order valence-corrected chi connectivity index (χ4v) is 3.60. The van der Waals surface area contributed by atoms with Crippen LogP contribution in [0.25, 0.3) is 4.96 Å². The van der Waals surface area contributed by atoms with Gasteiger partial charge in [0.25, 0.3) is 5.91 Å². The number of carbonyl (C=O) groups excluding carboxylic acids is 1. The van der Waals surface area contributed by atoms with Gasteiger partial charge < -0.3 is 5.32 Å². The molecule has 19 heavy (non-hydrogen) atoms. The van der Waals surface area contributed by atoms with Gasteiger partial charge in [0.2, 0.25) is 0 Å². The molecule has 1 saturated carbocycles. The maximum absolute atomic E-state index is 12.2. The summed E-state index contributed by atoms with van der Waals surface area (Å²) >= 11 is 1.61. The maximum atomic E-state index is 12.2. The Morgan fingerprint density at radius 1 is 1.42 bits per heavy atom. The number of thiazole rings is 1. The third-order valence-electron chi connectivity index (χ3n) is 3.93. The number of hydrogen-bond donors (Lipinski definition) is 1. The Morgan fingerprint density at radius 3 is 2.95 bits per heavy atom. The van der Waals surface area contributed by atoms with Crippen LogP contribution < -0.4 is 5.32 Å². The minimum atomic E-state index is -0.0349. The number of imidazole rings is 1. The Kier molecular flexibility index (Phi) is 3.31. The summed E-state index contributed by atoms with van der Waals surface area (Å²) in [6, 6.07) is 0.308. The zero-order valence-electron chi connectivity index (χ0n) is 11.3. The van der Waals surface area contributed by atoms with Gasteiger partial charge in [-0.1, -0.05) is 19.8 Å². The van der Waals surface area contributed by atoms with E-state index in [-0.39, 0.29) is 5.91 Å². The highest BCUT2D eigenvalue weighted by Crippen LogP contribution is 2.24. The van der Waals surface area contributed by atoms with E-state index in [2.05, 4.69) is 17.2 Å². The van der Waals surface area contributed by atoms with Crippen molar-refractivity contribution in [1.29, 1.82) is 0 Å². The maximum Gasteiger partial charge on any atom is 0.271 e. The van der Waals surface area contributed by atoms with Crippen LogP contribution in [0.4, 0.5) is 0 Å². The third kappa shape index (κ3) is 2.52. The van der Waals surface area contributed by atoms with Gasteiger partial charge in [-0.3, -0.25) is 9.20 Å². The molecule has 1 aliphatic carbocycles. The molecule has 2 heterocycles. The minimum Gasteiger partial charge on any atom is -0.348 e. The van der Waals surface area contributed by atoms with Crippen LogP contribution in [0.5, 0.6) is 0 Å². The van der Waals surface area contributed by atoms with Crippen molar-refractivity contribution in [3.05, 3.63) is 23.0 Å². The Morgan fingerprint density at radius 2 is 2.21 bits per heavy atom. The lowest BCUT2D eigenvalue weighted by molar-refractivity contribution is 0.0906. The highest BCUT2D eigenvalue weighted by atomic mass is 32.1. The second-order valence-corrected chi connectivity index (χ2v) is 6.71. The molecule has 1 N–H and O–H groups in total. The SMILES string of the molecule is Cc1cn2cc(C(=O)NC3CCCCC3C)nc2s1. The number of aryl methyl sites for hydroxylation is 1. The number of hydrogen-bond acceptors (Lipinski definition) is 3. The van der Waals surface area contributed by atoms with Crippen LogP contribution in [0.3, 0.4) is 0 Å². The summed E-state index contributed by atoms with van der Waals surface area (Å²) in [7, 11) is 0. The van der Waals surface area contributed by atoms with Crippen LogP contribution in [0, 0.1) is 12.8 Å². The number of aromatic nitrogens is 2. The van der Waals surface area contributed by atoms with E-state index in [0.717, 1.165) is 11.4 Å². The van der Waals surface area contributed by atoms with Crippen LogP contribution in [0.2, 0.25) is 0 Å². The molecule has 2 unspecified atom stereocenters. The van der Waals surface area contributed by atoms with E-state index in [0.29, 0.717) is 17.7 Å². The van der Waals surface area contributed by atoms with Crippen molar-refractivity contribution in [1.82, 2.24) is 14.7 Å². The normalized spacial score (nSPS) is 23.7. The molecule has 1 fully saturated rings. The summed E-state index contributed by atoms with van der Waals surface area (Å²) in [5, 5.41) is 3.14.